The molecule has 0 amide bonds. The van der Waals surface area contributed by atoms with Crippen LogP contribution in [-0.4, -0.2) is 27.5 Å². The maximum absolute atomic E-state index is 12.8. The zero-order chi connectivity index (χ0) is 23.6. The highest BCUT2D eigenvalue weighted by molar-refractivity contribution is 7.98. The quantitative estimate of drug-likeness (QED) is 0.329. The van der Waals surface area contributed by atoms with Gasteiger partial charge in [0.2, 0.25) is 0 Å². The Balaban J connectivity index is 1.52. The number of halogens is 3. The van der Waals surface area contributed by atoms with Crippen molar-refractivity contribution >= 4 is 28.6 Å². The van der Waals surface area contributed by atoms with E-state index in [1.54, 1.807) is 28.7 Å². The molecule has 1 heterocycles. The maximum atomic E-state index is 12.8. The van der Waals surface area contributed by atoms with E-state index in [4.69, 9.17) is 9.84 Å². The highest BCUT2D eigenvalue weighted by Gasteiger charge is 2.30. The zero-order valence-electron chi connectivity index (χ0n) is 17.5. The molecule has 4 aromatic rings. The molecule has 0 radical (unpaired) electrons. The summed E-state index contributed by atoms with van der Waals surface area (Å²) in [7, 11) is 0. The minimum absolute atomic E-state index is 0.392. The van der Waals surface area contributed by atoms with Crippen LogP contribution in [-0.2, 0) is 16.7 Å². The van der Waals surface area contributed by atoms with Gasteiger partial charge in [-0.25, -0.2) is 9.48 Å². The molecule has 5 nitrogen and oxygen atoms in total. The molecular weight excluding hydrogens is 453 g/mol. The van der Waals surface area contributed by atoms with E-state index in [9.17, 15) is 18.0 Å². The number of aryl methyl sites for hydroxylation is 1. The molecule has 0 unspecified atom stereocenters. The Kier molecular flexibility index (Phi) is 6.33. The number of thioether (sulfide) groups is 1. The molecule has 0 aliphatic rings. The largest absolute Gasteiger partial charge is 0.482 e. The first-order valence-electron chi connectivity index (χ1n) is 9.93. The van der Waals surface area contributed by atoms with Gasteiger partial charge in [-0.05, 0) is 60.5 Å². The fourth-order valence-corrected chi connectivity index (χ4v) is 4.31. The van der Waals surface area contributed by atoms with Gasteiger partial charge in [-0.1, -0.05) is 18.2 Å². The molecule has 1 aromatic heterocycles. The van der Waals surface area contributed by atoms with Crippen molar-refractivity contribution in [3.8, 4) is 11.4 Å². The average molecular weight is 472 g/mol. The summed E-state index contributed by atoms with van der Waals surface area (Å²) < 4.78 is 45.3. The SMILES string of the molecule is Cc1cc(SCc2cccc3cn(-c4ccc(C(F)(F)F)cc4)nc23)ccc1OCC(=O)O. The van der Waals surface area contributed by atoms with Gasteiger partial charge in [0.05, 0.1) is 16.8 Å². The topological polar surface area (TPSA) is 64.4 Å². The van der Waals surface area contributed by atoms with Gasteiger partial charge in [-0.2, -0.15) is 18.3 Å². The summed E-state index contributed by atoms with van der Waals surface area (Å²) in [6, 6.07) is 16.3. The van der Waals surface area contributed by atoms with E-state index in [0.29, 0.717) is 17.2 Å². The number of aromatic nitrogens is 2. The van der Waals surface area contributed by atoms with Crippen LogP contribution in [0.1, 0.15) is 16.7 Å². The second-order valence-corrected chi connectivity index (χ2v) is 8.42. The number of benzene rings is 3. The summed E-state index contributed by atoms with van der Waals surface area (Å²) in [4.78, 5) is 11.7. The minimum atomic E-state index is -4.38. The van der Waals surface area contributed by atoms with Crippen molar-refractivity contribution < 1.29 is 27.8 Å². The number of ether oxygens (including phenoxy) is 1. The number of carboxylic acid groups (broad SMARTS) is 1. The van der Waals surface area contributed by atoms with Crippen molar-refractivity contribution in [2.45, 2.75) is 23.7 Å². The van der Waals surface area contributed by atoms with Crippen molar-refractivity contribution in [2.75, 3.05) is 6.61 Å². The van der Waals surface area contributed by atoms with Crippen molar-refractivity contribution in [3.05, 3.63) is 83.6 Å². The number of carbonyl (C=O) groups is 1. The Morgan fingerprint density at radius 3 is 2.55 bits per heavy atom. The maximum Gasteiger partial charge on any atom is 0.416 e. The molecule has 0 fully saturated rings. The van der Waals surface area contributed by atoms with Gasteiger partial charge >= 0.3 is 12.1 Å². The Hall–Kier alpha value is -3.46. The summed E-state index contributed by atoms with van der Waals surface area (Å²) in [6.07, 6.45) is -2.58. The summed E-state index contributed by atoms with van der Waals surface area (Å²) >= 11 is 1.60. The summed E-state index contributed by atoms with van der Waals surface area (Å²) in [5, 5.41) is 14.3. The molecule has 0 aliphatic heterocycles. The van der Waals surface area contributed by atoms with E-state index in [2.05, 4.69) is 5.10 Å². The third-order valence-electron chi connectivity index (χ3n) is 4.97. The van der Waals surface area contributed by atoms with Gasteiger partial charge in [-0.3, -0.25) is 0 Å². The monoisotopic (exact) mass is 472 g/mol. The normalized spacial score (nSPS) is 11.6. The first-order valence-corrected chi connectivity index (χ1v) is 10.9. The molecule has 170 valence electrons. The van der Waals surface area contributed by atoms with Gasteiger partial charge in [0.25, 0.3) is 0 Å². The lowest BCUT2D eigenvalue weighted by atomic mass is 10.2. The Labute approximate surface area is 191 Å². The van der Waals surface area contributed by atoms with Crippen LogP contribution in [0.5, 0.6) is 5.75 Å². The molecule has 4 rings (SSSR count). The third-order valence-corrected chi connectivity index (χ3v) is 6.01. The molecule has 0 saturated carbocycles. The van der Waals surface area contributed by atoms with E-state index < -0.39 is 24.3 Å². The van der Waals surface area contributed by atoms with Crippen LogP contribution in [0.3, 0.4) is 0 Å². The van der Waals surface area contributed by atoms with Gasteiger partial charge in [0.15, 0.2) is 6.61 Å². The van der Waals surface area contributed by atoms with Crippen LogP contribution in [0.4, 0.5) is 13.2 Å². The van der Waals surface area contributed by atoms with E-state index in [-0.39, 0.29) is 0 Å². The van der Waals surface area contributed by atoms with Crippen LogP contribution in [0.2, 0.25) is 0 Å². The molecule has 0 spiro atoms. The molecule has 0 bridgehead atoms. The number of alkyl halides is 3. The predicted octanol–water partition coefficient (Wildman–Crippen LogP) is 6.11. The predicted molar refractivity (Wildman–Crippen MR) is 120 cm³/mol. The molecule has 0 saturated heterocycles. The Morgan fingerprint density at radius 2 is 1.88 bits per heavy atom. The third kappa shape index (κ3) is 5.31. The molecule has 0 aliphatic carbocycles. The van der Waals surface area contributed by atoms with Gasteiger partial charge in [0, 0.05) is 22.2 Å². The highest BCUT2D eigenvalue weighted by Crippen LogP contribution is 2.32. The number of fused-ring (bicyclic) bond motifs is 1. The first kappa shape index (κ1) is 22.7. The number of aliphatic carboxylic acids is 1. The number of rotatable bonds is 7. The fraction of sp³-hybridized carbons (Fsp3) is 0.167. The first-order chi connectivity index (χ1) is 15.7. The highest BCUT2D eigenvalue weighted by atomic mass is 32.2. The summed E-state index contributed by atoms with van der Waals surface area (Å²) in [6.45, 7) is 1.46. The summed E-state index contributed by atoms with van der Waals surface area (Å²) in [5.41, 5.74) is 2.46. The van der Waals surface area contributed by atoms with Crippen molar-refractivity contribution in [2.24, 2.45) is 0 Å². The van der Waals surface area contributed by atoms with E-state index >= 15 is 0 Å². The zero-order valence-corrected chi connectivity index (χ0v) is 18.3. The van der Waals surface area contributed by atoms with Crippen LogP contribution in [0.25, 0.3) is 16.6 Å². The van der Waals surface area contributed by atoms with E-state index in [0.717, 1.165) is 39.1 Å². The average Bonchev–Trinajstić information content (AvgIpc) is 3.21. The second kappa shape index (κ2) is 9.19. The van der Waals surface area contributed by atoms with Crippen LogP contribution in [0.15, 0.2) is 71.8 Å². The lowest BCUT2D eigenvalue weighted by molar-refractivity contribution is -0.139. The van der Waals surface area contributed by atoms with Crippen LogP contribution < -0.4 is 4.74 Å². The molecule has 9 heteroatoms. The lowest BCUT2D eigenvalue weighted by Gasteiger charge is -2.09. The van der Waals surface area contributed by atoms with Crippen LogP contribution >= 0.6 is 11.8 Å². The van der Waals surface area contributed by atoms with E-state index in [1.165, 1.54) is 12.1 Å². The Bertz CT molecular complexity index is 1300. The smallest absolute Gasteiger partial charge is 0.416 e. The second-order valence-electron chi connectivity index (χ2n) is 7.37. The number of hydrogen-bond acceptors (Lipinski definition) is 4. The number of hydrogen-bond donors (Lipinski definition) is 1. The minimum Gasteiger partial charge on any atom is -0.482 e. The molecular formula is C24H19F3N2O3S. The van der Waals surface area contributed by atoms with Crippen molar-refractivity contribution in [1.82, 2.24) is 9.78 Å². The standard InChI is InChI=1S/C24H19F3N2O3S/c1-15-11-20(9-10-21(15)32-13-22(30)31)33-14-17-4-2-3-16-12-29(28-23(16)17)19-7-5-18(6-8-19)24(25,26)27/h2-12H,13-14H2,1H3,(H,30,31). The molecule has 33 heavy (non-hydrogen) atoms. The number of nitrogens with zero attached hydrogens (tertiary/aromatic N) is 2. The van der Waals surface area contributed by atoms with Crippen molar-refractivity contribution in [1.29, 1.82) is 0 Å². The summed E-state index contributed by atoms with van der Waals surface area (Å²) in [5.74, 6) is 0.131. The van der Waals surface area contributed by atoms with Gasteiger partial charge in [-0.15, -0.1) is 11.8 Å². The molecule has 0 atom stereocenters. The molecule has 3 aromatic carbocycles. The van der Waals surface area contributed by atoms with Crippen LogP contribution in [0, 0.1) is 6.92 Å². The molecule has 1 N–H and O–H groups in total. The number of carboxylic acids is 1. The fourth-order valence-electron chi connectivity index (χ4n) is 3.33. The van der Waals surface area contributed by atoms with Crippen molar-refractivity contribution in [3.63, 3.8) is 0 Å². The van der Waals surface area contributed by atoms with E-state index in [1.807, 2.05) is 37.3 Å². The lowest BCUT2D eigenvalue weighted by Crippen LogP contribution is -2.09. The Morgan fingerprint density at radius 1 is 1.12 bits per heavy atom. The van der Waals surface area contributed by atoms with Gasteiger partial charge < -0.3 is 9.84 Å². The van der Waals surface area contributed by atoms with Gasteiger partial charge in [0.1, 0.15) is 5.75 Å².